The minimum atomic E-state index is -0.0741. The van der Waals surface area contributed by atoms with Crippen LogP contribution < -0.4 is 11.3 Å². The number of halogens is 1. The number of fused-ring (bicyclic) bond motifs is 1. The van der Waals surface area contributed by atoms with Crippen molar-refractivity contribution in [2.24, 2.45) is 5.84 Å². The smallest absolute Gasteiger partial charge is 0.141 e. The molecule has 96 valence electrons. The van der Waals surface area contributed by atoms with Gasteiger partial charge in [0.2, 0.25) is 0 Å². The lowest BCUT2D eigenvalue weighted by atomic mass is 10.1. The van der Waals surface area contributed by atoms with Crippen LogP contribution >= 0.6 is 39.0 Å². The Kier molecular flexibility index (Phi) is 3.81. The zero-order chi connectivity index (χ0) is 12.5. The first-order valence-corrected chi connectivity index (χ1v) is 8.44. The third kappa shape index (κ3) is 2.28. The predicted octanol–water partition coefficient (Wildman–Crippen LogP) is 3.45. The van der Waals surface area contributed by atoms with E-state index in [9.17, 15) is 0 Å². The fourth-order valence-corrected chi connectivity index (χ4v) is 4.98. The van der Waals surface area contributed by atoms with Crippen LogP contribution in [0.3, 0.4) is 0 Å². The Morgan fingerprint density at radius 2 is 2.39 bits per heavy atom. The van der Waals surface area contributed by atoms with Crippen molar-refractivity contribution in [3.8, 4) is 0 Å². The topological polar surface area (TPSA) is 51.2 Å². The number of rotatable bonds is 3. The number of nitrogens with two attached hydrogens (primary N) is 1. The largest absolute Gasteiger partial charge is 0.466 e. The second-order valence-electron chi connectivity index (χ2n) is 4.13. The molecule has 1 aliphatic rings. The van der Waals surface area contributed by atoms with E-state index in [4.69, 9.17) is 10.3 Å². The van der Waals surface area contributed by atoms with Gasteiger partial charge in [-0.2, -0.15) is 11.8 Å². The van der Waals surface area contributed by atoms with E-state index >= 15 is 0 Å². The van der Waals surface area contributed by atoms with E-state index in [1.54, 1.807) is 6.26 Å². The minimum Gasteiger partial charge on any atom is -0.466 e. The van der Waals surface area contributed by atoms with Gasteiger partial charge in [0.15, 0.2) is 0 Å². The fraction of sp³-hybridized carbons (Fsp3) is 0.333. The minimum absolute atomic E-state index is 0.0741. The molecule has 1 unspecified atom stereocenters. The first kappa shape index (κ1) is 12.7. The molecule has 3 rings (SSSR count). The number of aryl methyl sites for hydroxylation is 1. The average Bonchev–Trinajstić information content (AvgIpc) is 2.97. The average molecular weight is 345 g/mol. The summed E-state index contributed by atoms with van der Waals surface area (Å²) < 4.78 is 6.47. The highest BCUT2D eigenvalue weighted by atomic mass is 79.9. The molecule has 3 heterocycles. The molecule has 0 bridgehead atoms. The van der Waals surface area contributed by atoms with E-state index in [0.717, 1.165) is 16.0 Å². The van der Waals surface area contributed by atoms with Crippen LogP contribution in [0, 0.1) is 0 Å². The quantitative estimate of drug-likeness (QED) is 0.661. The van der Waals surface area contributed by atoms with E-state index in [-0.39, 0.29) is 6.04 Å². The van der Waals surface area contributed by atoms with Crippen LogP contribution in [0.2, 0.25) is 0 Å². The van der Waals surface area contributed by atoms with Crippen molar-refractivity contribution in [2.75, 3.05) is 5.75 Å². The number of nitrogens with one attached hydrogen (secondary N) is 1. The van der Waals surface area contributed by atoms with E-state index in [1.165, 1.54) is 27.5 Å². The summed E-state index contributed by atoms with van der Waals surface area (Å²) in [6.45, 7) is 0. The number of thioether (sulfide) groups is 1. The van der Waals surface area contributed by atoms with Crippen molar-refractivity contribution < 1.29 is 4.42 Å². The zero-order valence-corrected chi connectivity index (χ0v) is 12.8. The molecule has 0 fully saturated rings. The van der Waals surface area contributed by atoms with Gasteiger partial charge in [-0.25, -0.2) is 5.43 Å². The third-order valence-electron chi connectivity index (χ3n) is 3.00. The van der Waals surface area contributed by atoms with Gasteiger partial charge in [0, 0.05) is 15.5 Å². The Hall–Kier alpha value is -0.270. The van der Waals surface area contributed by atoms with Crippen molar-refractivity contribution in [2.45, 2.75) is 18.2 Å². The molecular weight excluding hydrogens is 332 g/mol. The molecule has 2 aromatic heterocycles. The molecule has 0 radical (unpaired) electrons. The lowest BCUT2D eigenvalue weighted by Crippen LogP contribution is -2.28. The van der Waals surface area contributed by atoms with Crippen LogP contribution in [0.25, 0.3) is 0 Å². The summed E-state index contributed by atoms with van der Waals surface area (Å²) in [5, 5.41) is 0. The number of thiophene rings is 1. The predicted molar refractivity (Wildman–Crippen MR) is 79.8 cm³/mol. The Balaban J connectivity index is 1.97. The van der Waals surface area contributed by atoms with Crippen molar-refractivity contribution >= 4 is 39.0 Å². The van der Waals surface area contributed by atoms with Crippen LogP contribution in [0.15, 0.2) is 27.3 Å². The summed E-state index contributed by atoms with van der Waals surface area (Å²) in [6.07, 6.45) is 2.84. The van der Waals surface area contributed by atoms with E-state index in [2.05, 4.69) is 27.4 Å². The summed E-state index contributed by atoms with van der Waals surface area (Å²) in [5.74, 6) is 8.86. The van der Waals surface area contributed by atoms with Crippen molar-refractivity contribution in [3.63, 3.8) is 0 Å². The van der Waals surface area contributed by atoms with Crippen molar-refractivity contribution in [1.82, 2.24) is 5.43 Å². The van der Waals surface area contributed by atoms with E-state index in [0.29, 0.717) is 0 Å². The maximum absolute atomic E-state index is 5.69. The van der Waals surface area contributed by atoms with Gasteiger partial charge in [0.05, 0.1) is 10.7 Å². The Labute approximate surface area is 122 Å². The summed E-state index contributed by atoms with van der Waals surface area (Å²) in [4.78, 5) is 2.72. The van der Waals surface area contributed by atoms with Crippen LogP contribution in [0.1, 0.15) is 27.1 Å². The first-order valence-electron chi connectivity index (χ1n) is 5.68. The molecular formula is C12H13BrN2OS2. The van der Waals surface area contributed by atoms with E-state index < -0.39 is 0 Å². The van der Waals surface area contributed by atoms with Gasteiger partial charge in [-0.1, -0.05) is 0 Å². The normalized spacial score (nSPS) is 16.6. The summed E-state index contributed by atoms with van der Waals surface area (Å²) >= 11 is 7.32. The van der Waals surface area contributed by atoms with Crippen LogP contribution in [-0.4, -0.2) is 5.75 Å². The molecule has 0 saturated carbocycles. The maximum atomic E-state index is 5.69. The molecule has 18 heavy (non-hydrogen) atoms. The molecule has 6 heteroatoms. The molecule has 1 aliphatic heterocycles. The molecule has 3 N–H and O–H groups in total. The highest BCUT2D eigenvalue weighted by molar-refractivity contribution is 9.10. The second kappa shape index (κ2) is 5.38. The highest BCUT2D eigenvalue weighted by Gasteiger charge is 2.23. The van der Waals surface area contributed by atoms with E-state index in [1.807, 2.05) is 29.2 Å². The molecule has 3 nitrogen and oxygen atoms in total. The third-order valence-corrected chi connectivity index (χ3v) is 5.97. The molecule has 0 aliphatic carbocycles. The molecule has 0 spiro atoms. The SMILES string of the molecule is NNC(c1cc2c(s1)CCSC2)c1occc1Br. The Morgan fingerprint density at radius 1 is 1.50 bits per heavy atom. The molecule has 1 atom stereocenters. The van der Waals surface area contributed by atoms with Gasteiger partial charge >= 0.3 is 0 Å². The molecule has 0 amide bonds. The number of hydrogen-bond donors (Lipinski definition) is 2. The second-order valence-corrected chi connectivity index (χ2v) is 7.26. The van der Waals surface area contributed by atoms with Crippen LogP contribution in [-0.2, 0) is 12.2 Å². The fourth-order valence-electron chi connectivity index (χ4n) is 2.11. The van der Waals surface area contributed by atoms with Crippen LogP contribution in [0.4, 0.5) is 0 Å². The van der Waals surface area contributed by atoms with Gasteiger partial charge < -0.3 is 4.42 Å². The highest BCUT2D eigenvalue weighted by Crippen LogP contribution is 2.38. The summed E-state index contributed by atoms with van der Waals surface area (Å²) in [6, 6.07) is 4.07. The van der Waals surface area contributed by atoms with Gasteiger partial charge in [0.25, 0.3) is 0 Å². The van der Waals surface area contributed by atoms with Crippen molar-refractivity contribution in [3.05, 3.63) is 43.9 Å². The van der Waals surface area contributed by atoms with Gasteiger partial charge in [-0.3, -0.25) is 5.84 Å². The molecule has 0 saturated heterocycles. The summed E-state index contributed by atoms with van der Waals surface area (Å²) in [7, 11) is 0. The Bertz CT molecular complexity index is 529. The molecule has 0 aromatic carbocycles. The molecule has 2 aromatic rings. The monoisotopic (exact) mass is 344 g/mol. The van der Waals surface area contributed by atoms with Crippen molar-refractivity contribution in [1.29, 1.82) is 0 Å². The zero-order valence-electron chi connectivity index (χ0n) is 9.61. The lowest BCUT2D eigenvalue weighted by Gasteiger charge is -2.11. The maximum Gasteiger partial charge on any atom is 0.141 e. The summed E-state index contributed by atoms with van der Waals surface area (Å²) in [5.41, 5.74) is 4.30. The number of furan rings is 1. The Morgan fingerprint density at radius 3 is 3.06 bits per heavy atom. The number of hydrazine groups is 1. The van der Waals surface area contributed by atoms with Gasteiger partial charge in [-0.15, -0.1) is 11.3 Å². The lowest BCUT2D eigenvalue weighted by molar-refractivity contribution is 0.453. The van der Waals surface area contributed by atoms with Crippen LogP contribution in [0.5, 0.6) is 0 Å². The first-order chi connectivity index (χ1) is 8.79. The van der Waals surface area contributed by atoms with Gasteiger partial charge in [-0.05, 0) is 45.8 Å². The van der Waals surface area contributed by atoms with Gasteiger partial charge in [0.1, 0.15) is 11.8 Å². The standard InChI is InChI=1S/C12H13BrN2OS2/c13-8-1-3-16-12(8)11(15-14)10-5-7-6-17-4-2-9(7)18-10/h1,3,5,11,15H,2,4,6,14H2. The number of hydrogen-bond acceptors (Lipinski definition) is 5.